The molecule has 0 heterocycles. The lowest BCUT2D eigenvalue weighted by Gasteiger charge is -1.84. The van der Waals surface area contributed by atoms with Crippen molar-refractivity contribution in [2.75, 3.05) is 0 Å². The lowest BCUT2D eigenvalue weighted by molar-refractivity contribution is 1.16. The fourth-order valence-corrected chi connectivity index (χ4v) is 0.390. The van der Waals surface area contributed by atoms with Crippen LogP contribution in [0.3, 0.4) is 0 Å². The molecule has 0 aliphatic carbocycles. The molecule has 0 heteroatoms. The van der Waals surface area contributed by atoms with Crippen LogP contribution < -0.4 is 0 Å². The van der Waals surface area contributed by atoms with Gasteiger partial charge in [0.15, 0.2) is 0 Å². The quantitative estimate of drug-likeness (QED) is 0.436. The number of terminal acetylenes is 1. The van der Waals surface area contributed by atoms with Gasteiger partial charge in [0.05, 0.1) is 0 Å². The van der Waals surface area contributed by atoms with Crippen LogP contribution in [0.5, 0.6) is 0 Å². The maximum absolute atomic E-state index is 5.08. The lowest BCUT2D eigenvalue weighted by Crippen LogP contribution is -1.68. The van der Waals surface area contributed by atoms with Crippen LogP contribution in [0.1, 0.15) is 20.3 Å². The molecule has 38 valence electrons. The van der Waals surface area contributed by atoms with E-state index in [1.807, 2.05) is 13.0 Å². The van der Waals surface area contributed by atoms with E-state index in [1.165, 1.54) is 0 Å². The third-order valence-electron chi connectivity index (χ3n) is 0.915. The summed E-state index contributed by atoms with van der Waals surface area (Å²) in [5.41, 5.74) is 1.08. The molecule has 0 aliphatic rings. The molecule has 0 aromatic carbocycles. The average Bonchev–Trinajstić information content (AvgIpc) is 1.72. The normalized spacial score (nSPS) is 10.7. The van der Waals surface area contributed by atoms with Crippen molar-refractivity contribution < 1.29 is 0 Å². The van der Waals surface area contributed by atoms with Crippen LogP contribution in [-0.2, 0) is 0 Å². The zero-order valence-electron chi connectivity index (χ0n) is 4.86. The SMILES string of the molecule is C#C/C(=C/C)CC. The molecule has 0 bridgehead atoms. The molecule has 0 N–H and O–H groups in total. The average molecular weight is 94.2 g/mol. The highest BCUT2D eigenvalue weighted by Crippen LogP contribution is 1.94. The van der Waals surface area contributed by atoms with Crippen molar-refractivity contribution in [1.82, 2.24) is 0 Å². The summed E-state index contributed by atoms with van der Waals surface area (Å²) in [6.45, 7) is 4.01. The van der Waals surface area contributed by atoms with Crippen molar-refractivity contribution in [2.24, 2.45) is 0 Å². The predicted octanol–water partition coefficient (Wildman–Crippen LogP) is 1.98. The van der Waals surface area contributed by atoms with Crippen molar-refractivity contribution >= 4 is 0 Å². The summed E-state index contributed by atoms with van der Waals surface area (Å²) in [6.07, 6.45) is 8.01. The Labute approximate surface area is 45.2 Å². The van der Waals surface area contributed by atoms with E-state index < -0.39 is 0 Å². The van der Waals surface area contributed by atoms with Crippen molar-refractivity contribution in [1.29, 1.82) is 0 Å². The zero-order chi connectivity index (χ0) is 5.70. The van der Waals surface area contributed by atoms with Gasteiger partial charge in [-0.05, 0) is 18.9 Å². The van der Waals surface area contributed by atoms with E-state index in [0.717, 1.165) is 12.0 Å². The Bertz CT molecular complexity index is 102. The van der Waals surface area contributed by atoms with E-state index in [9.17, 15) is 0 Å². The maximum Gasteiger partial charge on any atom is -0.00278 e. The first-order chi connectivity index (χ1) is 3.35. The number of hydrogen-bond donors (Lipinski definition) is 0. The molecule has 0 spiro atoms. The Balaban J connectivity index is 3.68. The monoisotopic (exact) mass is 94.1 g/mol. The van der Waals surface area contributed by atoms with Crippen molar-refractivity contribution in [3.05, 3.63) is 11.6 Å². The molecular weight excluding hydrogens is 84.1 g/mol. The summed E-state index contributed by atoms with van der Waals surface area (Å²) in [5.74, 6) is 2.56. The second-order valence-electron chi connectivity index (χ2n) is 1.31. The molecule has 0 radical (unpaired) electrons. The highest BCUT2D eigenvalue weighted by atomic mass is 13.8. The maximum atomic E-state index is 5.08. The molecule has 0 atom stereocenters. The van der Waals surface area contributed by atoms with Crippen LogP contribution in [-0.4, -0.2) is 0 Å². The Hall–Kier alpha value is -0.700. The van der Waals surface area contributed by atoms with Crippen LogP contribution in [0.15, 0.2) is 11.6 Å². The number of allylic oxidation sites excluding steroid dienone is 2. The number of rotatable bonds is 1. The van der Waals surface area contributed by atoms with E-state index in [1.54, 1.807) is 0 Å². The summed E-state index contributed by atoms with van der Waals surface area (Å²) >= 11 is 0. The second-order valence-corrected chi connectivity index (χ2v) is 1.31. The highest BCUT2D eigenvalue weighted by Gasteiger charge is 1.78. The van der Waals surface area contributed by atoms with Crippen molar-refractivity contribution in [3.8, 4) is 12.3 Å². The Morgan fingerprint density at radius 2 is 2.43 bits per heavy atom. The largest absolute Gasteiger partial charge is 0.115 e. The summed E-state index contributed by atoms with van der Waals surface area (Å²) in [5, 5.41) is 0. The second kappa shape index (κ2) is 3.49. The van der Waals surface area contributed by atoms with Gasteiger partial charge in [0.25, 0.3) is 0 Å². The van der Waals surface area contributed by atoms with Crippen LogP contribution in [0, 0.1) is 12.3 Å². The van der Waals surface area contributed by atoms with Crippen LogP contribution in [0.25, 0.3) is 0 Å². The standard InChI is InChI=1S/C7H10/c1-4-7(5-2)6-3/h1,5H,6H2,2-3H3/b7-5-. The molecule has 0 saturated heterocycles. The first kappa shape index (κ1) is 6.30. The lowest BCUT2D eigenvalue weighted by atomic mass is 10.2. The topological polar surface area (TPSA) is 0 Å². The van der Waals surface area contributed by atoms with Gasteiger partial charge in [-0.2, -0.15) is 0 Å². The van der Waals surface area contributed by atoms with Crippen LogP contribution >= 0.6 is 0 Å². The van der Waals surface area contributed by atoms with E-state index in [4.69, 9.17) is 6.42 Å². The molecule has 0 fully saturated rings. The van der Waals surface area contributed by atoms with Gasteiger partial charge < -0.3 is 0 Å². The van der Waals surface area contributed by atoms with E-state index in [2.05, 4.69) is 12.8 Å². The summed E-state index contributed by atoms with van der Waals surface area (Å²) in [4.78, 5) is 0. The van der Waals surface area contributed by atoms with Crippen molar-refractivity contribution in [3.63, 3.8) is 0 Å². The summed E-state index contributed by atoms with van der Waals surface area (Å²) in [7, 11) is 0. The van der Waals surface area contributed by atoms with E-state index in [0.29, 0.717) is 0 Å². The third kappa shape index (κ3) is 2.05. The molecule has 0 unspecified atom stereocenters. The van der Waals surface area contributed by atoms with E-state index in [-0.39, 0.29) is 0 Å². The highest BCUT2D eigenvalue weighted by molar-refractivity contribution is 5.23. The predicted molar refractivity (Wildman–Crippen MR) is 32.9 cm³/mol. The molecule has 0 saturated carbocycles. The van der Waals surface area contributed by atoms with Gasteiger partial charge in [-0.25, -0.2) is 0 Å². The van der Waals surface area contributed by atoms with Crippen molar-refractivity contribution in [2.45, 2.75) is 20.3 Å². The molecule has 0 aromatic heterocycles. The van der Waals surface area contributed by atoms with Crippen LogP contribution in [0.4, 0.5) is 0 Å². The first-order valence-electron chi connectivity index (χ1n) is 2.47. The molecule has 0 nitrogen and oxygen atoms in total. The minimum absolute atomic E-state index is 0.979. The minimum Gasteiger partial charge on any atom is -0.115 e. The molecule has 0 aromatic rings. The summed E-state index contributed by atoms with van der Waals surface area (Å²) in [6, 6.07) is 0. The molecular formula is C7H10. The Morgan fingerprint density at radius 3 is 2.43 bits per heavy atom. The third-order valence-corrected chi connectivity index (χ3v) is 0.915. The minimum atomic E-state index is 0.979. The molecule has 0 amide bonds. The zero-order valence-corrected chi connectivity index (χ0v) is 4.86. The Morgan fingerprint density at radius 1 is 1.86 bits per heavy atom. The molecule has 0 rings (SSSR count). The molecule has 0 aliphatic heterocycles. The van der Waals surface area contributed by atoms with Crippen LogP contribution in [0.2, 0.25) is 0 Å². The fourth-order valence-electron chi connectivity index (χ4n) is 0.390. The van der Waals surface area contributed by atoms with Gasteiger partial charge in [0, 0.05) is 0 Å². The summed E-state index contributed by atoms with van der Waals surface area (Å²) < 4.78 is 0. The Kier molecular flexibility index (Phi) is 3.14. The van der Waals surface area contributed by atoms with E-state index >= 15 is 0 Å². The fraction of sp³-hybridized carbons (Fsp3) is 0.429. The van der Waals surface area contributed by atoms with Gasteiger partial charge in [-0.15, -0.1) is 6.42 Å². The smallest absolute Gasteiger partial charge is 0.00278 e. The van der Waals surface area contributed by atoms with Gasteiger partial charge in [-0.3, -0.25) is 0 Å². The van der Waals surface area contributed by atoms with Gasteiger partial charge in [0.1, 0.15) is 0 Å². The first-order valence-corrected chi connectivity index (χ1v) is 2.47. The van der Waals surface area contributed by atoms with Gasteiger partial charge in [0.2, 0.25) is 0 Å². The van der Waals surface area contributed by atoms with Gasteiger partial charge >= 0.3 is 0 Å². The number of hydrogen-bond acceptors (Lipinski definition) is 0. The van der Waals surface area contributed by atoms with Gasteiger partial charge in [-0.1, -0.05) is 18.9 Å². The molecule has 7 heavy (non-hydrogen) atoms.